The van der Waals surface area contributed by atoms with Crippen molar-refractivity contribution >= 4 is 10.0 Å². The molecule has 1 aliphatic rings. The minimum Gasteiger partial charge on any atom is -0.337 e. The topological polar surface area (TPSA) is 76.0 Å². The van der Waals surface area contributed by atoms with Gasteiger partial charge in [-0.15, -0.1) is 0 Å². The quantitative estimate of drug-likeness (QED) is 0.850. The molecule has 0 saturated carbocycles. The molecule has 0 bridgehead atoms. The zero-order valence-corrected chi connectivity index (χ0v) is 12.7. The van der Waals surface area contributed by atoms with Crippen LogP contribution in [0.4, 0.5) is 0 Å². The van der Waals surface area contributed by atoms with Crippen LogP contribution >= 0.6 is 0 Å². The number of aromatic nitrogens is 2. The van der Waals surface area contributed by atoms with Crippen LogP contribution in [-0.4, -0.2) is 36.1 Å². The number of hydrogen-bond donors (Lipinski definition) is 2. The monoisotopic (exact) mass is 286 g/mol. The van der Waals surface area contributed by atoms with Crippen LogP contribution in [0.1, 0.15) is 32.5 Å². The van der Waals surface area contributed by atoms with Gasteiger partial charge >= 0.3 is 0 Å². The van der Waals surface area contributed by atoms with Crippen LogP contribution in [0.5, 0.6) is 0 Å². The molecule has 1 aromatic heterocycles. The van der Waals surface area contributed by atoms with Gasteiger partial charge in [0.05, 0.1) is 0 Å². The van der Waals surface area contributed by atoms with Crippen molar-refractivity contribution in [1.29, 1.82) is 0 Å². The van der Waals surface area contributed by atoms with Gasteiger partial charge in [-0.3, -0.25) is 0 Å². The normalized spacial score (nSPS) is 28.5. The van der Waals surface area contributed by atoms with Crippen molar-refractivity contribution in [3.8, 4) is 0 Å². The van der Waals surface area contributed by atoms with E-state index in [4.69, 9.17) is 0 Å². The smallest absolute Gasteiger partial charge is 0.259 e. The number of nitrogens with one attached hydrogen (secondary N) is 2. The van der Waals surface area contributed by atoms with Gasteiger partial charge in [-0.1, -0.05) is 0 Å². The molecule has 3 unspecified atom stereocenters. The summed E-state index contributed by atoms with van der Waals surface area (Å²) in [5, 5.41) is 3.46. The van der Waals surface area contributed by atoms with Crippen LogP contribution in [0.15, 0.2) is 11.2 Å². The molecule has 2 rings (SSSR count). The van der Waals surface area contributed by atoms with Gasteiger partial charge < -0.3 is 9.88 Å². The second kappa shape index (κ2) is 5.22. The van der Waals surface area contributed by atoms with Gasteiger partial charge in [-0.2, -0.15) is 0 Å². The van der Waals surface area contributed by atoms with Gasteiger partial charge in [0.15, 0.2) is 5.03 Å². The molecule has 2 N–H and O–H groups in total. The zero-order chi connectivity index (χ0) is 14.2. The number of sulfonamides is 1. The fourth-order valence-corrected chi connectivity index (χ4v) is 3.79. The summed E-state index contributed by atoms with van der Waals surface area (Å²) in [7, 11) is -1.75. The Labute approximate surface area is 114 Å². The SMILES string of the molecule is Cc1nc(S(=O)(=O)NC2CCC(C)NC2C)cn1C. The average Bonchev–Trinajstić information content (AvgIpc) is 2.64. The maximum Gasteiger partial charge on any atom is 0.259 e. The molecule has 0 amide bonds. The minimum absolute atomic E-state index is 0.0801. The van der Waals surface area contributed by atoms with Crippen LogP contribution in [0, 0.1) is 6.92 Å². The van der Waals surface area contributed by atoms with Crippen molar-refractivity contribution in [2.75, 3.05) is 0 Å². The van der Waals surface area contributed by atoms with Crippen LogP contribution in [-0.2, 0) is 17.1 Å². The lowest BCUT2D eigenvalue weighted by atomic mass is 9.96. The summed E-state index contributed by atoms with van der Waals surface area (Å²) in [5.74, 6) is 0.684. The Bertz CT molecular complexity index is 533. The fraction of sp³-hybridized carbons (Fsp3) is 0.750. The zero-order valence-electron chi connectivity index (χ0n) is 11.8. The molecule has 108 valence electrons. The lowest BCUT2D eigenvalue weighted by Gasteiger charge is -2.34. The molecule has 0 radical (unpaired) electrons. The Morgan fingerprint density at radius 1 is 1.42 bits per heavy atom. The van der Waals surface area contributed by atoms with E-state index in [1.807, 2.05) is 6.92 Å². The van der Waals surface area contributed by atoms with E-state index in [-0.39, 0.29) is 17.1 Å². The van der Waals surface area contributed by atoms with Crippen LogP contribution in [0.3, 0.4) is 0 Å². The van der Waals surface area contributed by atoms with Crippen molar-refractivity contribution < 1.29 is 8.42 Å². The molecule has 1 aliphatic heterocycles. The molecule has 19 heavy (non-hydrogen) atoms. The van der Waals surface area contributed by atoms with Crippen molar-refractivity contribution in [3.63, 3.8) is 0 Å². The van der Waals surface area contributed by atoms with Crippen LogP contribution in [0.2, 0.25) is 0 Å². The highest BCUT2D eigenvalue weighted by Gasteiger charge is 2.30. The summed E-state index contributed by atoms with van der Waals surface area (Å²) in [6.45, 7) is 5.90. The van der Waals surface area contributed by atoms with Crippen LogP contribution < -0.4 is 10.0 Å². The third kappa shape index (κ3) is 3.16. The minimum atomic E-state index is -3.53. The third-order valence-corrected chi connectivity index (χ3v) is 5.09. The predicted molar refractivity (Wildman–Crippen MR) is 73.3 cm³/mol. The highest BCUT2D eigenvalue weighted by molar-refractivity contribution is 7.89. The number of nitrogens with zero attached hydrogens (tertiary/aromatic N) is 2. The Kier molecular flexibility index (Phi) is 3.98. The van der Waals surface area contributed by atoms with Gasteiger partial charge in [0.25, 0.3) is 10.0 Å². The summed E-state index contributed by atoms with van der Waals surface area (Å²) >= 11 is 0. The first kappa shape index (κ1) is 14.5. The molecule has 2 heterocycles. The van der Waals surface area contributed by atoms with Crippen molar-refractivity contribution in [2.24, 2.45) is 7.05 Å². The maximum atomic E-state index is 12.3. The first-order chi connectivity index (χ1) is 8.79. The van der Waals surface area contributed by atoms with Gasteiger partial charge in [-0.25, -0.2) is 18.1 Å². The van der Waals surface area contributed by atoms with Crippen molar-refractivity contribution in [2.45, 2.75) is 56.8 Å². The number of imidazole rings is 1. The molecular weight excluding hydrogens is 264 g/mol. The first-order valence-electron chi connectivity index (χ1n) is 6.58. The number of hydrogen-bond acceptors (Lipinski definition) is 4. The van der Waals surface area contributed by atoms with E-state index in [0.29, 0.717) is 11.9 Å². The van der Waals surface area contributed by atoms with Crippen molar-refractivity contribution in [1.82, 2.24) is 19.6 Å². The lowest BCUT2D eigenvalue weighted by Crippen LogP contribution is -2.54. The van der Waals surface area contributed by atoms with E-state index in [2.05, 4.69) is 21.9 Å². The van der Waals surface area contributed by atoms with Crippen molar-refractivity contribution in [3.05, 3.63) is 12.0 Å². The van der Waals surface area contributed by atoms with E-state index in [0.717, 1.165) is 12.8 Å². The molecule has 1 saturated heterocycles. The second-order valence-corrected chi connectivity index (χ2v) is 7.06. The highest BCUT2D eigenvalue weighted by atomic mass is 32.2. The summed E-state index contributed by atoms with van der Waals surface area (Å²) in [6.07, 6.45) is 3.36. The predicted octanol–water partition coefficient (Wildman–Crippen LogP) is 0.536. The summed E-state index contributed by atoms with van der Waals surface area (Å²) < 4.78 is 29.0. The Hall–Kier alpha value is -0.920. The van der Waals surface area contributed by atoms with Gasteiger partial charge in [0, 0.05) is 31.4 Å². The number of aryl methyl sites for hydroxylation is 2. The van der Waals surface area contributed by atoms with Gasteiger partial charge in [0.2, 0.25) is 0 Å². The Morgan fingerprint density at radius 2 is 2.11 bits per heavy atom. The largest absolute Gasteiger partial charge is 0.337 e. The third-order valence-electron chi connectivity index (χ3n) is 3.73. The molecule has 0 spiro atoms. The fourth-order valence-electron chi connectivity index (χ4n) is 2.40. The first-order valence-corrected chi connectivity index (χ1v) is 8.06. The summed E-state index contributed by atoms with van der Waals surface area (Å²) in [4.78, 5) is 4.08. The number of piperidine rings is 1. The van der Waals surface area contributed by atoms with Crippen LogP contribution in [0.25, 0.3) is 0 Å². The van der Waals surface area contributed by atoms with Gasteiger partial charge in [-0.05, 0) is 33.6 Å². The standard InChI is InChI=1S/C12H22N4O2S/c1-8-5-6-11(9(2)13-8)15-19(17,18)12-7-16(4)10(3)14-12/h7-9,11,13,15H,5-6H2,1-4H3. The average molecular weight is 286 g/mol. The molecule has 6 nitrogen and oxygen atoms in total. The Morgan fingerprint density at radius 3 is 2.63 bits per heavy atom. The molecule has 3 atom stereocenters. The van der Waals surface area contributed by atoms with E-state index in [1.54, 1.807) is 24.7 Å². The molecule has 0 aliphatic carbocycles. The highest BCUT2D eigenvalue weighted by Crippen LogP contribution is 2.16. The summed E-state index contributed by atoms with van der Waals surface area (Å²) in [6, 6.07) is 0.486. The maximum absolute atomic E-state index is 12.3. The summed E-state index contributed by atoms with van der Waals surface area (Å²) in [5.41, 5.74) is 0. The number of rotatable bonds is 3. The van der Waals surface area contributed by atoms with E-state index in [9.17, 15) is 8.42 Å². The Balaban J connectivity index is 2.13. The molecular formula is C12H22N4O2S. The molecule has 1 fully saturated rings. The molecule has 0 aromatic carbocycles. The molecule has 7 heteroatoms. The second-order valence-electron chi connectivity index (χ2n) is 5.40. The lowest BCUT2D eigenvalue weighted by molar-refractivity contribution is 0.296. The van der Waals surface area contributed by atoms with Gasteiger partial charge in [0.1, 0.15) is 5.82 Å². The van der Waals surface area contributed by atoms with E-state index < -0.39 is 10.0 Å². The molecule has 1 aromatic rings. The van der Waals surface area contributed by atoms with E-state index >= 15 is 0 Å². The van der Waals surface area contributed by atoms with E-state index in [1.165, 1.54) is 0 Å².